The monoisotopic (exact) mass is 731 g/mol. The molecule has 55 heavy (non-hydrogen) atoms. The number of carboxylic acid groups (broad SMARTS) is 1. The number of unbranched alkanes of at least 4 members (excludes halogenated alkanes) is 1. The summed E-state index contributed by atoms with van der Waals surface area (Å²) in [6.45, 7) is 2.93. The van der Waals surface area contributed by atoms with Crippen molar-refractivity contribution in [2.45, 2.75) is 32.1 Å². The number of benzene rings is 2. The van der Waals surface area contributed by atoms with Crippen LogP contribution >= 0.6 is 0 Å². The number of ether oxygens (including phenoxy) is 1. The number of anilines is 2. The van der Waals surface area contributed by atoms with Crippen LogP contribution in [0.15, 0.2) is 115 Å². The van der Waals surface area contributed by atoms with E-state index in [1.165, 1.54) is 12.1 Å². The van der Waals surface area contributed by atoms with E-state index in [4.69, 9.17) is 30.8 Å². The highest BCUT2D eigenvalue weighted by molar-refractivity contribution is 5.98. The Morgan fingerprint density at radius 2 is 1.82 bits per heavy atom. The lowest BCUT2D eigenvalue weighted by Gasteiger charge is -2.32. The number of pyridine rings is 2. The van der Waals surface area contributed by atoms with Crippen molar-refractivity contribution in [1.29, 1.82) is 5.41 Å². The van der Waals surface area contributed by atoms with Crippen LogP contribution in [0.5, 0.6) is 5.75 Å². The zero-order valence-electron chi connectivity index (χ0n) is 29.9. The summed E-state index contributed by atoms with van der Waals surface area (Å²) in [5.74, 6) is -0.413. The lowest BCUT2D eigenvalue weighted by molar-refractivity contribution is 0.0694. The maximum Gasteiger partial charge on any atom is 0.335 e. The van der Waals surface area contributed by atoms with Gasteiger partial charge in [0.05, 0.1) is 17.0 Å². The third kappa shape index (κ3) is 7.02. The van der Waals surface area contributed by atoms with E-state index in [9.17, 15) is 14.7 Å². The molecule has 0 saturated heterocycles. The molecule has 1 amide bonds. The predicted octanol–water partition coefficient (Wildman–Crippen LogP) is 6.82. The third-order valence-corrected chi connectivity index (χ3v) is 9.62. The van der Waals surface area contributed by atoms with Crippen LogP contribution in [0.25, 0.3) is 28.4 Å². The Hall–Kier alpha value is -7.15. The van der Waals surface area contributed by atoms with E-state index in [1.807, 2.05) is 66.1 Å². The molecule has 0 fully saturated rings. The molecule has 1 aliphatic heterocycles. The summed E-state index contributed by atoms with van der Waals surface area (Å²) in [7, 11) is 0. The minimum Gasteiger partial charge on any atom is -0.478 e. The van der Waals surface area contributed by atoms with Gasteiger partial charge in [0.2, 0.25) is 5.95 Å². The van der Waals surface area contributed by atoms with E-state index in [-0.39, 0.29) is 17.9 Å². The van der Waals surface area contributed by atoms with Gasteiger partial charge in [-0.1, -0.05) is 24.3 Å². The second-order valence-corrected chi connectivity index (χ2v) is 13.4. The van der Waals surface area contributed by atoms with Gasteiger partial charge in [0.25, 0.3) is 5.91 Å². The van der Waals surface area contributed by atoms with Crippen molar-refractivity contribution in [2.75, 3.05) is 24.1 Å². The minimum absolute atomic E-state index is 0.0777. The average molecular weight is 732 g/mol. The van der Waals surface area contributed by atoms with Crippen LogP contribution in [0, 0.1) is 12.3 Å². The highest BCUT2D eigenvalue weighted by Gasteiger charge is 2.34. The minimum atomic E-state index is -1.11. The first-order valence-corrected chi connectivity index (χ1v) is 17.9. The van der Waals surface area contributed by atoms with E-state index < -0.39 is 11.9 Å². The summed E-state index contributed by atoms with van der Waals surface area (Å²) in [6.07, 6.45) is 8.82. The molecule has 1 atom stereocenters. The summed E-state index contributed by atoms with van der Waals surface area (Å²) >= 11 is 0. The first-order chi connectivity index (χ1) is 26.7. The lowest BCUT2D eigenvalue weighted by Crippen LogP contribution is -2.26. The number of allylic oxidation sites excluding steroid dienone is 4. The number of hydrogen-bond acceptors (Lipinski definition) is 10. The second-order valence-electron chi connectivity index (χ2n) is 13.4. The number of rotatable bonds is 11. The number of aromatic nitrogens is 5. The fourth-order valence-corrected chi connectivity index (χ4v) is 7.04. The maximum absolute atomic E-state index is 13.4. The standard InChI is InChI=1S/C42H37N9O4/c1-24-7-6-8-32(48-24)38-39(51-20-5-2-9-36(51)50-38)33-16-19-47-42(49-33)46-18-4-3-17-45-40(52)25-10-13-28(41(53)54)31(21-25)37-29-14-11-26(43)22-34(29)55-35-23-27(44)12-15-30(35)37/h2,5-16,19-22,37,44H,3-4,17-18,23,43H2,1H3,(H,45,52)(H,53,54)(H,46,47,49). The summed E-state index contributed by atoms with van der Waals surface area (Å²) in [6, 6.07) is 23.5. The van der Waals surface area contributed by atoms with E-state index in [1.54, 1.807) is 36.5 Å². The lowest BCUT2D eigenvalue weighted by atomic mass is 9.77. The Bertz CT molecular complexity index is 2570. The number of imidazole rings is 1. The molecule has 2 aromatic carbocycles. The van der Waals surface area contributed by atoms with Gasteiger partial charge in [-0.15, -0.1) is 0 Å². The zero-order chi connectivity index (χ0) is 38.1. The normalized spacial score (nSPS) is 14.6. The predicted molar refractivity (Wildman–Crippen MR) is 209 cm³/mol. The van der Waals surface area contributed by atoms with E-state index in [0.29, 0.717) is 65.2 Å². The van der Waals surface area contributed by atoms with Gasteiger partial charge in [-0.3, -0.25) is 14.2 Å². The number of hydrogen-bond donors (Lipinski definition) is 5. The van der Waals surface area contributed by atoms with Gasteiger partial charge in [-0.25, -0.2) is 19.7 Å². The zero-order valence-corrected chi connectivity index (χ0v) is 29.9. The molecule has 8 rings (SSSR count). The van der Waals surface area contributed by atoms with Gasteiger partial charge < -0.3 is 31.6 Å². The van der Waals surface area contributed by atoms with Crippen LogP contribution in [-0.2, 0) is 0 Å². The Morgan fingerprint density at radius 3 is 2.67 bits per heavy atom. The fraction of sp³-hybridized carbons (Fsp3) is 0.167. The molecule has 0 radical (unpaired) electrons. The van der Waals surface area contributed by atoms with Gasteiger partial charge in [0.15, 0.2) is 0 Å². The molecule has 1 unspecified atom stereocenters. The number of carbonyl (C=O) groups is 2. The van der Waals surface area contributed by atoms with E-state index in [2.05, 4.69) is 15.6 Å². The van der Waals surface area contributed by atoms with Gasteiger partial charge in [0, 0.05) is 77.7 Å². The molecular formula is C42H37N9O4. The van der Waals surface area contributed by atoms with Crippen LogP contribution < -0.4 is 21.1 Å². The quantitative estimate of drug-likeness (QED) is 0.0697. The number of nitrogen functional groups attached to an aromatic ring is 1. The summed E-state index contributed by atoms with van der Waals surface area (Å²) in [4.78, 5) is 44.7. The molecule has 6 aromatic rings. The van der Waals surface area contributed by atoms with Gasteiger partial charge in [-0.2, -0.15) is 0 Å². The number of carbonyl (C=O) groups excluding carboxylic acids is 1. The smallest absolute Gasteiger partial charge is 0.335 e. The van der Waals surface area contributed by atoms with Gasteiger partial charge >= 0.3 is 5.97 Å². The molecule has 4 aromatic heterocycles. The number of amides is 1. The molecule has 2 aliphatic rings. The number of carboxylic acids is 1. The first kappa shape index (κ1) is 34.9. The molecular weight excluding hydrogens is 695 g/mol. The van der Waals surface area contributed by atoms with Crippen LogP contribution in [-0.4, -0.2) is 60.1 Å². The third-order valence-electron chi connectivity index (χ3n) is 9.62. The highest BCUT2D eigenvalue weighted by atomic mass is 16.5. The van der Waals surface area contributed by atoms with Gasteiger partial charge in [0.1, 0.15) is 28.5 Å². The van der Waals surface area contributed by atoms with Crippen LogP contribution in [0.4, 0.5) is 11.6 Å². The van der Waals surface area contributed by atoms with Gasteiger partial charge in [-0.05, 0) is 86.0 Å². The SMILES string of the molecule is Cc1cccc(-c2nc3ccccn3c2-c2ccnc(NCCCCNC(=O)c3ccc(C(=O)O)c(C4C5=C(CC(=N)C=C5)Oc5cc(N)ccc54)c3)n2)n1. The van der Waals surface area contributed by atoms with Crippen LogP contribution in [0.2, 0.25) is 0 Å². The van der Waals surface area contributed by atoms with E-state index >= 15 is 0 Å². The highest BCUT2D eigenvalue weighted by Crippen LogP contribution is 2.47. The Balaban J connectivity index is 0.936. The van der Waals surface area contributed by atoms with Crippen molar-refractivity contribution in [1.82, 2.24) is 29.7 Å². The molecule has 0 bridgehead atoms. The summed E-state index contributed by atoms with van der Waals surface area (Å²) in [5, 5.41) is 24.6. The second kappa shape index (κ2) is 14.7. The fourth-order valence-electron chi connectivity index (χ4n) is 7.04. The molecule has 13 nitrogen and oxygen atoms in total. The number of aromatic carboxylic acids is 1. The Kier molecular flexibility index (Phi) is 9.33. The van der Waals surface area contributed by atoms with Crippen molar-refractivity contribution >= 4 is 34.9 Å². The first-order valence-electron chi connectivity index (χ1n) is 17.9. The van der Waals surface area contributed by atoms with Crippen LogP contribution in [0.3, 0.4) is 0 Å². The number of nitrogens with one attached hydrogen (secondary N) is 3. The largest absolute Gasteiger partial charge is 0.478 e. The summed E-state index contributed by atoms with van der Waals surface area (Å²) < 4.78 is 8.15. The molecule has 1 aliphatic carbocycles. The van der Waals surface area contributed by atoms with Crippen molar-refractivity contribution < 1.29 is 19.4 Å². The Labute approximate surface area is 316 Å². The molecule has 0 spiro atoms. The number of nitrogens with two attached hydrogens (primary N) is 1. The molecule has 5 heterocycles. The van der Waals surface area contributed by atoms with Crippen LogP contribution in [0.1, 0.15) is 62.7 Å². The van der Waals surface area contributed by atoms with Crippen molar-refractivity contribution in [3.63, 3.8) is 0 Å². The van der Waals surface area contributed by atoms with Crippen molar-refractivity contribution in [2.24, 2.45) is 0 Å². The van der Waals surface area contributed by atoms with Crippen molar-refractivity contribution in [3.8, 4) is 28.5 Å². The maximum atomic E-state index is 13.4. The number of nitrogens with zero attached hydrogens (tertiary/aromatic N) is 5. The number of aryl methyl sites for hydroxylation is 1. The average Bonchev–Trinajstić information content (AvgIpc) is 3.58. The van der Waals surface area contributed by atoms with E-state index in [0.717, 1.165) is 46.0 Å². The molecule has 0 saturated carbocycles. The topological polar surface area (TPSA) is 194 Å². The Morgan fingerprint density at radius 1 is 0.945 bits per heavy atom. The summed E-state index contributed by atoms with van der Waals surface area (Å²) in [5.41, 5.74) is 14.0. The number of fused-ring (bicyclic) bond motifs is 2. The molecule has 6 N–H and O–H groups in total. The molecule has 13 heteroatoms. The van der Waals surface area contributed by atoms with Crippen molar-refractivity contribution in [3.05, 3.63) is 143 Å². The molecule has 274 valence electrons.